The fraction of sp³-hybridized carbons (Fsp3) is 0.600. The molecular weight excluding hydrogens is 140 g/mol. The molecule has 5 heteroatoms. The van der Waals surface area contributed by atoms with E-state index in [1.165, 1.54) is 0 Å². The fourth-order valence-electron chi connectivity index (χ4n) is 0.388. The maximum absolute atomic E-state index is 10.4. The number of carboxylic acids is 1. The molecule has 0 heterocycles. The highest BCUT2D eigenvalue weighted by Crippen LogP contribution is 1.94. The van der Waals surface area contributed by atoms with Gasteiger partial charge in [-0.1, -0.05) is 0 Å². The maximum atomic E-state index is 10.4. The summed E-state index contributed by atoms with van der Waals surface area (Å²) < 4.78 is 4.04. The van der Waals surface area contributed by atoms with Crippen molar-refractivity contribution in [3.05, 3.63) is 0 Å². The van der Waals surface area contributed by atoms with Gasteiger partial charge in [0.2, 0.25) is 0 Å². The Morgan fingerprint density at radius 2 is 2.20 bits per heavy atom. The van der Waals surface area contributed by atoms with Gasteiger partial charge in [0.05, 0.1) is 19.7 Å². The number of aliphatic hydroxyl groups excluding tert-OH is 1. The van der Waals surface area contributed by atoms with Crippen molar-refractivity contribution in [2.24, 2.45) is 5.92 Å². The molecule has 0 aromatic heterocycles. The molecule has 1 atom stereocenters. The number of aliphatic hydroxyl groups is 1. The highest BCUT2D eigenvalue weighted by molar-refractivity contribution is 5.92. The number of carbonyl (C=O) groups is 2. The van der Waals surface area contributed by atoms with Crippen LogP contribution in [-0.2, 0) is 14.3 Å². The van der Waals surface area contributed by atoms with E-state index < -0.39 is 24.5 Å². The summed E-state index contributed by atoms with van der Waals surface area (Å²) in [7, 11) is 1.04. The van der Waals surface area contributed by atoms with Gasteiger partial charge in [0.1, 0.15) is 5.92 Å². The number of rotatable bonds is 3. The van der Waals surface area contributed by atoms with Crippen LogP contribution in [0.5, 0.6) is 0 Å². The predicted octanol–water partition coefficient (Wildman–Crippen LogP) is -2.48. The number of hydrogen-bond acceptors (Lipinski definition) is 5. The molecule has 0 aliphatic heterocycles. The predicted molar refractivity (Wildman–Crippen MR) is 27.6 cm³/mol. The minimum absolute atomic E-state index is 0.797. The van der Waals surface area contributed by atoms with Crippen LogP contribution < -0.4 is 5.11 Å². The van der Waals surface area contributed by atoms with Crippen molar-refractivity contribution in [2.45, 2.75) is 0 Å². The summed E-state index contributed by atoms with van der Waals surface area (Å²) >= 11 is 0. The lowest BCUT2D eigenvalue weighted by atomic mass is 10.2. The molecule has 0 radical (unpaired) electrons. The Morgan fingerprint density at radius 3 is 2.30 bits per heavy atom. The third-order valence-corrected chi connectivity index (χ3v) is 0.953. The monoisotopic (exact) mass is 147 g/mol. The lowest BCUT2D eigenvalue weighted by Gasteiger charge is -2.11. The SMILES string of the molecule is COC(=O)[C@@H](CO)C(=O)[O-]. The molecule has 0 saturated heterocycles. The first-order valence-corrected chi connectivity index (χ1v) is 2.53. The summed E-state index contributed by atoms with van der Waals surface area (Å²) in [4.78, 5) is 20.3. The van der Waals surface area contributed by atoms with E-state index >= 15 is 0 Å². The summed E-state index contributed by atoms with van der Waals surface area (Å²) in [6.45, 7) is -0.797. The zero-order chi connectivity index (χ0) is 8.15. The average molecular weight is 147 g/mol. The largest absolute Gasteiger partial charge is 0.549 e. The second-order valence-corrected chi connectivity index (χ2v) is 1.58. The lowest BCUT2D eigenvalue weighted by Crippen LogP contribution is -2.39. The standard InChI is InChI=1S/C5H8O5/c1-10-5(9)3(2-6)4(7)8/h3,6H,2H2,1H3,(H,7,8)/p-1/t3-/m0/s1. The Morgan fingerprint density at radius 1 is 1.70 bits per heavy atom. The van der Waals surface area contributed by atoms with Crippen LogP contribution in [0.25, 0.3) is 0 Å². The summed E-state index contributed by atoms with van der Waals surface area (Å²) in [5.74, 6) is -4.19. The molecule has 0 aromatic rings. The smallest absolute Gasteiger partial charge is 0.316 e. The van der Waals surface area contributed by atoms with Crippen molar-refractivity contribution < 1.29 is 24.5 Å². The number of aliphatic carboxylic acids is 1. The van der Waals surface area contributed by atoms with Crippen LogP contribution in [0.1, 0.15) is 0 Å². The first kappa shape index (κ1) is 8.90. The van der Waals surface area contributed by atoms with E-state index in [9.17, 15) is 14.7 Å². The number of hydrogen-bond donors (Lipinski definition) is 1. The minimum atomic E-state index is -1.63. The van der Waals surface area contributed by atoms with E-state index in [4.69, 9.17) is 5.11 Å². The highest BCUT2D eigenvalue weighted by atomic mass is 16.5. The van der Waals surface area contributed by atoms with E-state index in [1.54, 1.807) is 0 Å². The van der Waals surface area contributed by atoms with E-state index in [2.05, 4.69) is 4.74 Å². The first-order chi connectivity index (χ1) is 4.63. The van der Waals surface area contributed by atoms with Gasteiger partial charge in [0, 0.05) is 0 Å². The lowest BCUT2D eigenvalue weighted by molar-refractivity contribution is -0.311. The normalized spacial score (nSPS) is 12.2. The molecule has 0 fully saturated rings. The molecule has 0 aromatic carbocycles. The molecule has 0 unspecified atom stereocenters. The number of methoxy groups -OCH3 is 1. The van der Waals surface area contributed by atoms with Crippen LogP contribution >= 0.6 is 0 Å². The van der Waals surface area contributed by atoms with Gasteiger partial charge in [-0.05, 0) is 0 Å². The van der Waals surface area contributed by atoms with Crippen molar-refractivity contribution in [3.8, 4) is 0 Å². The Labute approximate surface area is 57.2 Å². The van der Waals surface area contributed by atoms with Crippen LogP contribution in [0.2, 0.25) is 0 Å². The Hall–Kier alpha value is -1.10. The van der Waals surface area contributed by atoms with Crippen LogP contribution in [0, 0.1) is 5.92 Å². The van der Waals surface area contributed by atoms with Gasteiger partial charge in [-0.25, -0.2) is 0 Å². The molecule has 1 N–H and O–H groups in total. The highest BCUT2D eigenvalue weighted by Gasteiger charge is 2.18. The third kappa shape index (κ3) is 2.02. The topological polar surface area (TPSA) is 86.7 Å². The van der Waals surface area contributed by atoms with E-state index in [0.29, 0.717) is 0 Å². The van der Waals surface area contributed by atoms with Gasteiger partial charge in [0.15, 0.2) is 0 Å². The molecule has 0 spiro atoms. The zero-order valence-corrected chi connectivity index (χ0v) is 5.36. The Kier molecular flexibility index (Phi) is 3.42. The van der Waals surface area contributed by atoms with Gasteiger partial charge in [-0.15, -0.1) is 0 Å². The Bertz CT molecular complexity index is 141. The molecule has 0 bridgehead atoms. The van der Waals surface area contributed by atoms with Crippen LogP contribution in [-0.4, -0.2) is 30.8 Å². The summed E-state index contributed by atoms with van der Waals surface area (Å²) in [6, 6.07) is 0. The Balaban J connectivity index is 4.06. The van der Waals surface area contributed by atoms with Crippen molar-refractivity contribution in [3.63, 3.8) is 0 Å². The summed E-state index contributed by atoms with van der Waals surface area (Å²) in [5, 5.41) is 18.2. The quantitative estimate of drug-likeness (QED) is 0.352. The number of carboxylic acid groups (broad SMARTS) is 1. The van der Waals surface area contributed by atoms with Crippen molar-refractivity contribution in [1.29, 1.82) is 0 Å². The van der Waals surface area contributed by atoms with E-state index in [0.717, 1.165) is 7.11 Å². The van der Waals surface area contributed by atoms with Crippen molar-refractivity contribution >= 4 is 11.9 Å². The van der Waals surface area contributed by atoms with E-state index in [-0.39, 0.29) is 0 Å². The summed E-state index contributed by atoms with van der Waals surface area (Å²) in [5.41, 5.74) is 0. The van der Waals surface area contributed by atoms with Gasteiger partial charge in [0.25, 0.3) is 0 Å². The van der Waals surface area contributed by atoms with E-state index in [1.807, 2.05) is 0 Å². The first-order valence-electron chi connectivity index (χ1n) is 2.53. The van der Waals surface area contributed by atoms with Crippen LogP contribution in [0.4, 0.5) is 0 Å². The maximum Gasteiger partial charge on any atom is 0.316 e. The van der Waals surface area contributed by atoms with Gasteiger partial charge in [-0.3, -0.25) is 4.79 Å². The number of esters is 1. The molecule has 5 nitrogen and oxygen atoms in total. The summed E-state index contributed by atoms with van der Waals surface area (Å²) in [6.07, 6.45) is 0. The fourth-order valence-corrected chi connectivity index (χ4v) is 0.388. The van der Waals surface area contributed by atoms with Gasteiger partial charge < -0.3 is 19.7 Å². The second kappa shape index (κ2) is 3.84. The molecule has 0 rings (SSSR count). The van der Waals surface area contributed by atoms with Crippen LogP contribution in [0.15, 0.2) is 0 Å². The molecule has 0 saturated carbocycles. The third-order valence-electron chi connectivity index (χ3n) is 0.953. The van der Waals surface area contributed by atoms with Gasteiger partial charge in [-0.2, -0.15) is 0 Å². The number of ether oxygens (including phenoxy) is 1. The van der Waals surface area contributed by atoms with Crippen molar-refractivity contribution in [1.82, 2.24) is 0 Å². The van der Waals surface area contributed by atoms with Crippen molar-refractivity contribution in [2.75, 3.05) is 13.7 Å². The molecule has 0 amide bonds. The molecule has 0 aliphatic carbocycles. The second-order valence-electron chi connectivity index (χ2n) is 1.58. The molecular formula is C5H7O5-. The molecule has 0 aliphatic rings. The average Bonchev–Trinajstić information content (AvgIpc) is 1.88. The molecule has 10 heavy (non-hydrogen) atoms. The minimum Gasteiger partial charge on any atom is -0.549 e. The van der Waals surface area contributed by atoms with Crippen LogP contribution in [0.3, 0.4) is 0 Å². The molecule has 58 valence electrons. The zero-order valence-electron chi connectivity index (χ0n) is 5.36. The number of carbonyl (C=O) groups excluding carboxylic acids is 2. The van der Waals surface area contributed by atoms with Gasteiger partial charge >= 0.3 is 5.97 Å².